The van der Waals surface area contributed by atoms with E-state index in [0.29, 0.717) is 11.5 Å². The zero-order valence-electron chi connectivity index (χ0n) is 10.9. The summed E-state index contributed by atoms with van der Waals surface area (Å²) in [5.41, 5.74) is 1.45. The minimum atomic E-state index is -2.74. The molecule has 1 fully saturated rings. The number of hydrogen-bond donors (Lipinski definition) is 1. The van der Waals surface area contributed by atoms with E-state index < -0.39 is 11.9 Å². The second kappa shape index (κ2) is 5.27. The van der Waals surface area contributed by atoms with Crippen LogP contribution in [0.25, 0.3) is 0 Å². The second-order valence-electron chi connectivity index (χ2n) is 5.53. The van der Waals surface area contributed by atoms with E-state index in [1.807, 2.05) is 6.07 Å². The largest absolute Gasteiger partial charge is 0.481 e. The maximum atomic E-state index is 13.0. The Morgan fingerprint density at radius 1 is 1.47 bits per heavy atom. The van der Waals surface area contributed by atoms with E-state index in [0.717, 1.165) is 25.3 Å². The molecule has 1 N–H and O–H groups in total. The minimum absolute atomic E-state index is 0.0390. The lowest BCUT2D eigenvalue weighted by Crippen LogP contribution is -2.14. The molecule has 1 aliphatic carbocycles. The van der Waals surface area contributed by atoms with E-state index in [1.165, 1.54) is 0 Å². The average Bonchev–Trinajstić information content (AvgIpc) is 3.07. The molecule has 1 atom stereocenters. The van der Waals surface area contributed by atoms with Gasteiger partial charge in [-0.25, -0.2) is 8.78 Å². The van der Waals surface area contributed by atoms with Gasteiger partial charge in [0, 0.05) is 6.42 Å². The van der Waals surface area contributed by atoms with Gasteiger partial charge in [0.05, 0.1) is 6.42 Å². The molecule has 2 rings (SSSR count). The van der Waals surface area contributed by atoms with Crippen molar-refractivity contribution in [3.63, 3.8) is 0 Å². The maximum Gasteiger partial charge on any atom is 0.303 e. The van der Waals surface area contributed by atoms with Crippen LogP contribution in [-0.2, 0) is 11.2 Å². The number of carboxylic acids is 1. The summed E-state index contributed by atoms with van der Waals surface area (Å²) in [5, 5.41) is 8.96. The van der Waals surface area contributed by atoms with E-state index in [2.05, 4.69) is 0 Å². The topological polar surface area (TPSA) is 37.3 Å². The van der Waals surface area contributed by atoms with Crippen molar-refractivity contribution in [3.05, 3.63) is 35.4 Å². The SMILES string of the molecule is CC(F)(F)Cc1cccc(C(CC(=O)O)C2CC2)c1. The Kier molecular flexibility index (Phi) is 3.88. The molecule has 0 aliphatic heterocycles. The molecule has 1 saturated carbocycles. The first kappa shape index (κ1) is 14.0. The van der Waals surface area contributed by atoms with Crippen LogP contribution in [0.3, 0.4) is 0 Å². The fourth-order valence-corrected chi connectivity index (χ4v) is 2.54. The van der Waals surface area contributed by atoms with Crippen molar-refractivity contribution in [1.29, 1.82) is 0 Å². The molecule has 0 bridgehead atoms. The molecule has 0 heterocycles. The Bertz CT molecular complexity index is 461. The van der Waals surface area contributed by atoms with Crippen molar-refractivity contribution in [3.8, 4) is 0 Å². The van der Waals surface area contributed by atoms with Crippen LogP contribution in [0.5, 0.6) is 0 Å². The van der Waals surface area contributed by atoms with Crippen LogP contribution in [0.15, 0.2) is 24.3 Å². The summed E-state index contributed by atoms with van der Waals surface area (Å²) in [4.78, 5) is 10.9. The van der Waals surface area contributed by atoms with Crippen LogP contribution in [0, 0.1) is 5.92 Å². The van der Waals surface area contributed by atoms with Gasteiger partial charge < -0.3 is 5.11 Å². The number of carbonyl (C=O) groups is 1. The number of rotatable bonds is 6. The van der Waals surface area contributed by atoms with Gasteiger partial charge in [0.2, 0.25) is 5.92 Å². The van der Waals surface area contributed by atoms with Gasteiger partial charge >= 0.3 is 5.97 Å². The smallest absolute Gasteiger partial charge is 0.303 e. The summed E-state index contributed by atoms with van der Waals surface area (Å²) in [7, 11) is 0. The molecule has 0 aromatic heterocycles. The van der Waals surface area contributed by atoms with Crippen molar-refractivity contribution in [1.82, 2.24) is 0 Å². The lowest BCUT2D eigenvalue weighted by Gasteiger charge is -2.17. The number of hydrogen-bond acceptors (Lipinski definition) is 1. The summed E-state index contributed by atoms with van der Waals surface area (Å²) < 4.78 is 26.1. The van der Waals surface area contributed by atoms with Crippen molar-refractivity contribution in [2.45, 2.75) is 44.4 Å². The third-order valence-corrected chi connectivity index (χ3v) is 3.48. The number of halogens is 2. The Labute approximate surface area is 111 Å². The summed E-state index contributed by atoms with van der Waals surface area (Å²) in [6.45, 7) is 0.898. The highest BCUT2D eigenvalue weighted by atomic mass is 19.3. The van der Waals surface area contributed by atoms with Crippen molar-refractivity contribution < 1.29 is 18.7 Å². The number of carboxylic acid groups (broad SMARTS) is 1. The quantitative estimate of drug-likeness (QED) is 0.850. The lowest BCUT2D eigenvalue weighted by atomic mass is 9.89. The fraction of sp³-hybridized carbons (Fsp3) is 0.533. The van der Waals surface area contributed by atoms with E-state index in [-0.39, 0.29) is 18.8 Å². The standard InChI is InChI=1S/C15H18F2O2/c1-15(16,17)9-10-3-2-4-12(7-10)13(8-14(18)19)11-5-6-11/h2-4,7,11,13H,5-6,8-9H2,1H3,(H,18,19). The highest BCUT2D eigenvalue weighted by Gasteiger charge is 2.34. The lowest BCUT2D eigenvalue weighted by molar-refractivity contribution is -0.137. The molecule has 104 valence electrons. The van der Waals surface area contributed by atoms with Crippen molar-refractivity contribution >= 4 is 5.97 Å². The van der Waals surface area contributed by atoms with Crippen LogP contribution < -0.4 is 0 Å². The average molecular weight is 268 g/mol. The highest BCUT2D eigenvalue weighted by molar-refractivity contribution is 5.68. The molecule has 0 spiro atoms. The number of aliphatic carboxylic acids is 1. The third-order valence-electron chi connectivity index (χ3n) is 3.48. The monoisotopic (exact) mass is 268 g/mol. The van der Waals surface area contributed by atoms with Gasteiger partial charge in [-0.05, 0) is 42.7 Å². The normalized spacial score (nSPS) is 17.2. The molecule has 2 nitrogen and oxygen atoms in total. The van der Waals surface area contributed by atoms with E-state index in [1.54, 1.807) is 18.2 Å². The van der Waals surface area contributed by atoms with Crippen LogP contribution in [0.2, 0.25) is 0 Å². The first-order valence-corrected chi connectivity index (χ1v) is 6.53. The number of alkyl halides is 2. The third kappa shape index (κ3) is 4.30. The van der Waals surface area contributed by atoms with Gasteiger partial charge in [-0.1, -0.05) is 24.3 Å². The van der Waals surface area contributed by atoms with Gasteiger partial charge in [0.1, 0.15) is 0 Å². The summed E-state index contributed by atoms with van der Waals surface area (Å²) in [5.74, 6) is -3.21. The van der Waals surface area contributed by atoms with Crippen LogP contribution in [0.4, 0.5) is 8.78 Å². The summed E-state index contributed by atoms with van der Waals surface area (Å²) in [6.07, 6.45) is 1.85. The maximum absolute atomic E-state index is 13.0. The van der Waals surface area contributed by atoms with Gasteiger partial charge in [-0.3, -0.25) is 4.79 Å². The second-order valence-corrected chi connectivity index (χ2v) is 5.53. The molecule has 1 unspecified atom stereocenters. The van der Waals surface area contributed by atoms with Crippen molar-refractivity contribution in [2.24, 2.45) is 5.92 Å². The van der Waals surface area contributed by atoms with Crippen LogP contribution in [0.1, 0.15) is 43.2 Å². The van der Waals surface area contributed by atoms with Crippen LogP contribution >= 0.6 is 0 Å². The molecular formula is C15H18F2O2. The Morgan fingerprint density at radius 2 is 2.16 bits per heavy atom. The van der Waals surface area contributed by atoms with Gasteiger partial charge in [-0.15, -0.1) is 0 Å². The zero-order chi connectivity index (χ0) is 14.0. The summed E-state index contributed by atoms with van der Waals surface area (Å²) in [6, 6.07) is 7.01. The van der Waals surface area contributed by atoms with E-state index in [4.69, 9.17) is 5.11 Å². The highest BCUT2D eigenvalue weighted by Crippen LogP contribution is 2.44. The fourth-order valence-electron chi connectivity index (χ4n) is 2.54. The van der Waals surface area contributed by atoms with Crippen molar-refractivity contribution in [2.75, 3.05) is 0 Å². The first-order valence-electron chi connectivity index (χ1n) is 6.53. The van der Waals surface area contributed by atoms with E-state index in [9.17, 15) is 13.6 Å². The predicted octanol–water partition coefficient (Wildman–Crippen LogP) is 3.85. The van der Waals surface area contributed by atoms with E-state index >= 15 is 0 Å². The summed E-state index contributed by atoms with van der Waals surface area (Å²) >= 11 is 0. The molecule has 0 radical (unpaired) electrons. The Balaban J connectivity index is 2.18. The van der Waals surface area contributed by atoms with Gasteiger partial charge in [0.25, 0.3) is 0 Å². The molecule has 1 aliphatic rings. The first-order chi connectivity index (χ1) is 8.85. The number of benzene rings is 1. The molecule has 4 heteroatoms. The molecule has 0 amide bonds. The Morgan fingerprint density at radius 3 is 2.68 bits per heavy atom. The Hall–Kier alpha value is -1.45. The zero-order valence-corrected chi connectivity index (χ0v) is 10.9. The van der Waals surface area contributed by atoms with Gasteiger partial charge in [-0.2, -0.15) is 0 Å². The minimum Gasteiger partial charge on any atom is -0.481 e. The molecule has 0 saturated heterocycles. The molecule has 1 aromatic rings. The molecular weight excluding hydrogens is 250 g/mol. The predicted molar refractivity (Wildman–Crippen MR) is 68.5 cm³/mol. The molecule has 1 aromatic carbocycles. The van der Waals surface area contributed by atoms with Crippen LogP contribution in [-0.4, -0.2) is 17.0 Å². The van der Waals surface area contributed by atoms with Gasteiger partial charge in [0.15, 0.2) is 0 Å². The molecule has 19 heavy (non-hydrogen) atoms.